The van der Waals surface area contributed by atoms with Gasteiger partial charge in [0.2, 0.25) is 0 Å². The maximum Gasteiger partial charge on any atom is 0.396 e. The van der Waals surface area contributed by atoms with E-state index in [1.54, 1.807) is 17.3 Å². The van der Waals surface area contributed by atoms with Crippen LogP contribution in [0.5, 0.6) is 0 Å². The zero-order chi connectivity index (χ0) is 20.5. The van der Waals surface area contributed by atoms with E-state index in [0.717, 1.165) is 25.7 Å². The van der Waals surface area contributed by atoms with E-state index in [9.17, 15) is 18.4 Å². The van der Waals surface area contributed by atoms with Crippen LogP contribution in [0.3, 0.4) is 0 Å². The van der Waals surface area contributed by atoms with Crippen LogP contribution in [-0.4, -0.2) is 59.7 Å². The molecule has 0 saturated carbocycles. The number of carbonyl (C=O) groups excluding carboxylic acids is 2. The third-order valence-electron chi connectivity index (χ3n) is 5.13. The molecule has 10 heteroatoms. The van der Waals surface area contributed by atoms with E-state index in [1.165, 1.54) is 12.3 Å². The second-order valence-corrected chi connectivity index (χ2v) is 6.87. The summed E-state index contributed by atoms with van der Waals surface area (Å²) in [6.07, 6.45) is 5.82. The van der Waals surface area contributed by atoms with Crippen molar-refractivity contribution in [3.63, 3.8) is 0 Å². The summed E-state index contributed by atoms with van der Waals surface area (Å²) in [7, 11) is 1.12. The minimum absolute atomic E-state index is 0.291. The second kappa shape index (κ2) is 7.61. The Hall–Kier alpha value is -3.30. The number of likely N-dealkylation sites (tertiary alicyclic amines) is 1. The molecule has 3 aliphatic rings. The van der Waals surface area contributed by atoms with Crippen LogP contribution in [-0.2, 0) is 14.3 Å². The van der Waals surface area contributed by atoms with Gasteiger partial charge >= 0.3 is 11.9 Å². The Morgan fingerprint density at radius 2 is 2.14 bits per heavy atom. The molecule has 0 bridgehead atoms. The van der Waals surface area contributed by atoms with E-state index in [2.05, 4.69) is 20.1 Å². The summed E-state index contributed by atoms with van der Waals surface area (Å²) in [6, 6.07) is 2.47. The summed E-state index contributed by atoms with van der Waals surface area (Å²) in [6.45, 7) is 0.635. The van der Waals surface area contributed by atoms with Gasteiger partial charge in [-0.05, 0) is 37.1 Å². The van der Waals surface area contributed by atoms with Gasteiger partial charge in [0.1, 0.15) is 23.5 Å². The normalized spacial score (nSPS) is 25.1. The number of hydrazone groups is 1. The van der Waals surface area contributed by atoms with Gasteiger partial charge in [0.25, 0.3) is 0 Å². The smallest absolute Gasteiger partial charge is 0.396 e. The first kappa shape index (κ1) is 19.0. The number of hydrogen-bond acceptors (Lipinski definition) is 7. The minimum Gasteiger partial charge on any atom is -0.462 e. The monoisotopic (exact) mass is 403 g/mol. The third-order valence-corrected chi connectivity index (χ3v) is 5.13. The predicted molar refractivity (Wildman–Crippen MR) is 99.7 cm³/mol. The molecule has 0 spiro atoms. The fraction of sp³-hybridized carbons (Fsp3) is 0.368. The number of rotatable bonds is 2. The topological polar surface area (TPSA) is 86.6 Å². The van der Waals surface area contributed by atoms with Crippen molar-refractivity contribution in [1.82, 2.24) is 15.2 Å². The summed E-state index contributed by atoms with van der Waals surface area (Å²) in [4.78, 5) is 29.8. The molecule has 152 valence electrons. The standard InChI is InChI=1S/C19H19F2N5O3/c1-29-19(28)18(27)23-14-10-22-26-8-6-16(24-17(14)26)25-7-2-3-15(25)12-9-11(20)4-5-13(12)21/h4-6,8-10,14-15,17H,2-3,7H2,1H3,(H,23,27)/t14?,15-,17?/m1/s1. The molecule has 1 fully saturated rings. The number of halogens is 2. The van der Waals surface area contributed by atoms with Crippen molar-refractivity contribution in [1.29, 1.82) is 0 Å². The molecule has 1 aromatic rings. The number of aliphatic imine (C=N–C) groups is 1. The molecule has 0 aromatic heterocycles. The zero-order valence-corrected chi connectivity index (χ0v) is 15.6. The molecule has 1 amide bonds. The van der Waals surface area contributed by atoms with Gasteiger partial charge < -0.3 is 15.0 Å². The fourth-order valence-corrected chi connectivity index (χ4v) is 3.77. The Labute approximate surface area is 165 Å². The van der Waals surface area contributed by atoms with E-state index < -0.39 is 35.7 Å². The van der Waals surface area contributed by atoms with Crippen LogP contribution < -0.4 is 5.32 Å². The highest BCUT2D eigenvalue weighted by Gasteiger charge is 2.37. The van der Waals surface area contributed by atoms with Crippen molar-refractivity contribution in [3.8, 4) is 0 Å². The number of amides is 1. The van der Waals surface area contributed by atoms with Gasteiger partial charge in [-0.15, -0.1) is 0 Å². The Morgan fingerprint density at radius 3 is 2.93 bits per heavy atom. The number of esters is 1. The van der Waals surface area contributed by atoms with Crippen LogP contribution in [0, 0.1) is 11.6 Å². The molecule has 1 aromatic carbocycles. The zero-order valence-electron chi connectivity index (χ0n) is 15.6. The molecule has 2 unspecified atom stereocenters. The summed E-state index contributed by atoms with van der Waals surface area (Å²) in [5.74, 6) is -2.26. The highest BCUT2D eigenvalue weighted by Crippen LogP contribution is 2.35. The molecule has 1 N–H and O–H groups in total. The molecular formula is C19H19F2N5O3. The summed E-state index contributed by atoms with van der Waals surface area (Å²) in [5.41, 5.74) is 0.291. The lowest BCUT2D eigenvalue weighted by molar-refractivity contribution is -0.152. The van der Waals surface area contributed by atoms with Gasteiger partial charge in [-0.2, -0.15) is 5.10 Å². The molecule has 3 atom stereocenters. The average molecular weight is 403 g/mol. The van der Waals surface area contributed by atoms with Gasteiger partial charge in [0.05, 0.1) is 19.4 Å². The van der Waals surface area contributed by atoms with Crippen molar-refractivity contribution in [3.05, 3.63) is 47.7 Å². The molecule has 0 radical (unpaired) electrons. The molecular weight excluding hydrogens is 384 g/mol. The first-order valence-electron chi connectivity index (χ1n) is 9.17. The molecule has 0 aliphatic carbocycles. The van der Waals surface area contributed by atoms with Crippen molar-refractivity contribution in [2.75, 3.05) is 13.7 Å². The van der Waals surface area contributed by atoms with E-state index >= 15 is 0 Å². The Morgan fingerprint density at radius 1 is 1.31 bits per heavy atom. The number of methoxy groups -OCH3 is 1. The van der Waals surface area contributed by atoms with Crippen LogP contribution in [0.25, 0.3) is 0 Å². The molecule has 3 heterocycles. The maximum atomic E-state index is 14.3. The van der Waals surface area contributed by atoms with Gasteiger partial charge in [0, 0.05) is 18.3 Å². The SMILES string of the molecule is COC(=O)C(=O)NC1C=NN2C=CC(N3CCC[C@@H]3c3cc(F)ccc3F)=NC12. The fourth-order valence-electron chi connectivity index (χ4n) is 3.77. The van der Waals surface area contributed by atoms with Crippen molar-refractivity contribution < 1.29 is 23.1 Å². The number of nitrogens with one attached hydrogen (secondary N) is 1. The Bertz CT molecular complexity index is 932. The van der Waals surface area contributed by atoms with Gasteiger partial charge in [0.15, 0.2) is 6.17 Å². The van der Waals surface area contributed by atoms with Crippen molar-refractivity contribution in [2.24, 2.45) is 10.1 Å². The predicted octanol–water partition coefficient (Wildman–Crippen LogP) is 1.31. The number of fused-ring (bicyclic) bond motifs is 1. The summed E-state index contributed by atoms with van der Waals surface area (Å²) in [5, 5.41) is 8.24. The van der Waals surface area contributed by atoms with Crippen LogP contribution in [0.1, 0.15) is 24.4 Å². The van der Waals surface area contributed by atoms with E-state index in [1.807, 2.05) is 4.90 Å². The number of nitrogens with zero attached hydrogens (tertiary/aromatic N) is 4. The lowest BCUT2D eigenvalue weighted by Gasteiger charge is -2.32. The second-order valence-electron chi connectivity index (χ2n) is 6.87. The molecule has 29 heavy (non-hydrogen) atoms. The lowest BCUT2D eigenvalue weighted by Crippen LogP contribution is -2.49. The first-order valence-corrected chi connectivity index (χ1v) is 9.17. The van der Waals surface area contributed by atoms with Gasteiger partial charge in [-0.25, -0.2) is 23.6 Å². The minimum atomic E-state index is -1.01. The highest BCUT2D eigenvalue weighted by atomic mass is 19.1. The van der Waals surface area contributed by atoms with Crippen LogP contribution in [0.15, 0.2) is 40.6 Å². The maximum absolute atomic E-state index is 14.3. The number of ether oxygens (including phenoxy) is 1. The molecule has 3 aliphatic heterocycles. The first-order chi connectivity index (χ1) is 14.0. The Kier molecular flexibility index (Phi) is 4.99. The summed E-state index contributed by atoms with van der Waals surface area (Å²) < 4.78 is 32.4. The number of benzene rings is 1. The Balaban J connectivity index is 1.56. The number of amidine groups is 1. The van der Waals surface area contributed by atoms with Gasteiger partial charge in [-0.1, -0.05) is 0 Å². The van der Waals surface area contributed by atoms with E-state index in [0.29, 0.717) is 24.4 Å². The van der Waals surface area contributed by atoms with Gasteiger partial charge in [-0.3, -0.25) is 4.79 Å². The largest absolute Gasteiger partial charge is 0.462 e. The molecule has 8 nitrogen and oxygen atoms in total. The molecule has 1 saturated heterocycles. The quantitative estimate of drug-likeness (QED) is 0.595. The van der Waals surface area contributed by atoms with Crippen molar-refractivity contribution in [2.45, 2.75) is 31.1 Å². The van der Waals surface area contributed by atoms with E-state index in [4.69, 9.17) is 0 Å². The van der Waals surface area contributed by atoms with Crippen LogP contribution in [0.4, 0.5) is 8.78 Å². The van der Waals surface area contributed by atoms with Crippen LogP contribution in [0.2, 0.25) is 0 Å². The van der Waals surface area contributed by atoms with Crippen molar-refractivity contribution >= 4 is 23.9 Å². The lowest BCUT2D eigenvalue weighted by atomic mass is 10.0. The van der Waals surface area contributed by atoms with E-state index in [-0.39, 0.29) is 6.04 Å². The summed E-state index contributed by atoms with van der Waals surface area (Å²) >= 11 is 0. The molecule has 4 rings (SSSR count). The number of hydrogen-bond donors (Lipinski definition) is 1. The third kappa shape index (κ3) is 3.57. The number of carbonyl (C=O) groups is 2. The highest BCUT2D eigenvalue weighted by molar-refractivity contribution is 6.32. The van der Waals surface area contributed by atoms with Crippen LogP contribution >= 0.6 is 0 Å². The average Bonchev–Trinajstić information content (AvgIpc) is 3.36.